The second kappa shape index (κ2) is 7.67. The summed E-state index contributed by atoms with van der Waals surface area (Å²) in [7, 11) is 0. The maximum atomic E-state index is 12.1. The monoisotopic (exact) mass is 290 g/mol. The van der Waals surface area contributed by atoms with E-state index >= 15 is 0 Å². The third kappa shape index (κ3) is 5.10. The van der Waals surface area contributed by atoms with Gasteiger partial charge in [0.2, 0.25) is 5.91 Å². The molecule has 1 aromatic carbocycles. The molecule has 21 heavy (non-hydrogen) atoms. The fourth-order valence-electron chi connectivity index (χ4n) is 2.69. The van der Waals surface area contributed by atoms with E-state index in [0.717, 1.165) is 18.5 Å². The SMILES string of the molecule is O=C(O)CCN(CC(=O)NC1CCCC1)c1ccccc1. The highest BCUT2D eigenvalue weighted by atomic mass is 16.4. The number of hydrogen-bond donors (Lipinski definition) is 2. The van der Waals surface area contributed by atoms with Crippen LogP contribution in [0.5, 0.6) is 0 Å². The number of nitrogens with zero attached hydrogens (tertiary/aromatic N) is 1. The van der Waals surface area contributed by atoms with Crippen molar-refractivity contribution in [1.82, 2.24) is 5.32 Å². The molecular formula is C16H22N2O3. The van der Waals surface area contributed by atoms with Crippen LogP contribution < -0.4 is 10.2 Å². The summed E-state index contributed by atoms with van der Waals surface area (Å²) in [6.45, 7) is 0.533. The number of aliphatic carboxylic acids is 1. The molecule has 0 heterocycles. The van der Waals surface area contributed by atoms with Crippen molar-refractivity contribution >= 4 is 17.6 Å². The standard InChI is InChI=1S/C16H22N2O3/c19-15(17-13-6-4-5-7-13)12-18(11-10-16(20)21)14-8-2-1-3-9-14/h1-3,8-9,13H,4-7,10-12H2,(H,17,19)(H,20,21). The molecule has 0 aromatic heterocycles. The summed E-state index contributed by atoms with van der Waals surface area (Å²) in [5, 5.41) is 11.9. The van der Waals surface area contributed by atoms with E-state index < -0.39 is 5.97 Å². The zero-order chi connectivity index (χ0) is 15.1. The molecule has 2 rings (SSSR count). The predicted octanol–water partition coefficient (Wildman–Crippen LogP) is 2.03. The molecule has 0 aliphatic heterocycles. The fraction of sp³-hybridized carbons (Fsp3) is 0.500. The van der Waals surface area contributed by atoms with Crippen LogP contribution in [0.1, 0.15) is 32.1 Å². The molecule has 1 saturated carbocycles. The smallest absolute Gasteiger partial charge is 0.305 e. The predicted molar refractivity (Wildman–Crippen MR) is 81.3 cm³/mol. The molecule has 1 aliphatic carbocycles. The summed E-state index contributed by atoms with van der Waals surface area (Å²) >= 11 is 0. The number of nitrogens with one attached hydrogen (secondary N) is 1. The number of anilines is 1. The van der Waals surface area contributed by atoms with Gasteiger partial charge in [-0.15, -0.1) is 0 Å². The molecule has 1 aliphatic rings. The van der Waals surface area contributed by atoms with Gasteiger partial charge in [-0.1, -0.05) is 31.0 Å². The molecule has 0 bridgehead atoms. The van der Waals surface area contributed by atoms with Gasteiger partial charge in [0.1, 0.15) is 0 Å². The number of carboxylic acid groups (broad SMARTS) is 1. The number of benzene rings is 1. The van der Waals surface area contributed by atoms with Gasteiger partial charge in [-0.25, -0.2) is 0 Å². The largest absolute Gasteiger partial charge is 0.481 e. The van der Waals surface area contributed by atoms with Crippen molar-refractivity contribution < 1.29 is 14.7 Å². The Morgan fingerprint density at radius 2 is 1.86 bits per heavy atom. The van der Waals surface area contributed by atoms with Crippen LogP contribution in [0.15, 0.2) is 30.3 Å². The molecule has 0 saturated heterocycles. The number of hydrogen-bond acceptors (Lipinski definition) is 3. The van der Waals surface area contributed by atoms with Crippen molar-refractivity contribution in [3.8, 4) is 0 Å². The fourth-order valence-corrected chi connectivity index (χ4v) is 2.69. The number of carbonyl (C=O) groups is 2. The highest BCUT2D eigenvalue weighted by molar-refractivity contribution is 5.82. The van der Waals surface area contributed by atoms with Gasteiger partial charge in [-0.2, -0.15) is 0 Å². The maximum absolute atomic E-state index is 12.1. The number of rotatable bonds is 7. The molecule has 5 heteroatoms. The maximum Gasteiger partial charge on any atom is 0.305 e. The summed E-state index contributed by atoms with van der Waals surface area (Å²) in [5.74, 6) is -0.886. The number of carbonyl (C=O) groups excluding carboxylic acids is 1. The van der Waals surface area contributed by atoms with E-state index in [2.05, 4.69) is 5.32 Å². The van der Waals surface area contributed by atoms with Crippen LogP contribution in [0.4, 0.5) is 5.69 Å². The first kappa shape index (κ1) is 15.4. The van der Waals surface area contributed by atoms with E-state index in [1.54, 1.807) is 0 Å². The van der Waals surface area contributed by atoms with Crippen molar-refractivity contribution in [2.45, 2.75) is 38.1 Å². The minimum atomic E-state index is -0.855. The van der Waals surface area contributed by atoms with Crippen LogP contribution in [0.2, 0.25) is 0 Å². The van der Waals surface area contributed by atoms with E-state index in [1.165, 1.54) is 12.8 Å². The lowest BCUT2D eigenvalue weighted by Gasteiger charge is -2.24. The minimum Gasteiger partial charge on any atom is -0.481 e. The molecule has 5 nitrogen and oxygen atoms in total. The number of amides is 1. The van der Waals surface area contributed by atoms with E-state index in [1.807, 2.05) is 35.2 Å². The molecular weight excluding hydrogens is 268 g/mol. The van der Waals surface area contributed by atoms with Crippen molar-refractivity contribution in [1.29, 1.82) is 0 Å². The first-order chi connectivity index (χ1) is 10.1. The van der Waals surface area contributed by atoms with Crippen LogP contribution in [0, 0.1) is 0 Å². The normalized spacial score (nSPS) is 14.9. The zero-order valence-corrected chi connectivity index (χ0v) is 12.1. The Kier molecular flexibility index (Phi) is 5.60. The Balaban J connectivity index is 1.94. The second-order valence-corrected chi connectivity index (χ2v) is 5.45. The summed E-state index contributed by atoms with van der Waals surface area (Å²) in [6.07, 6.45) is 4.46. The van der Waals surface area contributed by atoms with Crippen molar-refractivity contribution in [2.24, 2.45) is 0 Å². The topological polar surface area (TPSA) is 69.6 Å². The van der Waals surface area contributed by atoms with Gasteiger partial charge in [0, 0.05) is 18.3 Å². The summed E-state index contributed by atoms with van der Waals surface area (Å²) in [5.41, 5.74) is 0.875. The highest BCUT2D eigenvalue weighted by Crippen LogP contribution is 2.18. The third-order valence-corrected chi connectivity index (χ3v) is 3.77. The van der Waals surface area contributed by atoms with Crippen LogP contribution in [0.3, 0.4) is 0 Å². The summed E-state index contributed by atoms with van der Waals surface area (Å²) in [6, 6.07) is 9.75. The molecule has 0 spiro atoms. The lowest BCUT2D eigenvalue weighted by Crippen LogP contribution is -2.42. The Hall–Kier alpha value is -2.04. The van der Waals surface area contributed by atoms with Crippen LogP contribution >= 0.6 is 0 Å². The first-order valence-corrected chi connectivity index (χ1v) is 7.46. The van der Waals surface area contributed by atoms with Gasteiger partial charge >= 0.3 is 5.97 Å². The molecule has 1 fully saturated rings. The van der Waals surface area contributed by atoms with Gasteiger partial charge in [0.05, 0.1) is 13.0 Å². The van der Waals surface area contributed by atoms with Gasteiger partial charge in [-0.05, 0) is 25.0 Å². The summed E-state index contributed by atoms with van der Waals surface area (Å²) in [4.78, 5) is 24.7. The highest BCUT2D eigenvalue weighted by Gasteiger charge is 2.19. The van der Waals surface area contributed by atoms with E-state index in [0.29, 0.717) is 6.54 Å². The van der Waals surface area contributed by atoms with Gasteiger partial charge in [0.15, 0.2) is 0 Å². The number of para-hydroxylation sites is 1. The van der Waals surface area contributed by atoms with Gasteiger partial charge in [0.25, 0.3) is 0 Å². The van der Waals surface area contributed by atoms with Crippen LogP contribution in [-0.4, -0.2) is 36.1 Å². The Morgan fingerprint density at radius 3 is 2.48 bits per heavy atom. The molecule has 114 valence electrons. The van der Waals surface area contributed by atoms with E-state index in [9.17, 15) is 9.59 Å². The average Bonchev–Trinajstić information content (AvgIpc) is 2.97. The quantitative estimate of drug-likeness (QED) is 0.806. The molecule has 2 N–H and O–H groups in total. The van der Waals surface area contributed by atoms with E-state index in [-0.39, 0.29) is 24.9 Å². The molecule has 0 unspecified atom stereocenters. The first-order valence-electron chi connectivity index (χ1n) is 7.46. The Morgan fingerprint density at radius 1 is 1.19 bits per heavy atom. The second-order valence-electron chi connectivity index (χ2n) is 5.45. The van der Waals surface area contributed by atoms with Gasteiger partial charge < -0.3 is 15.3 Å². The van der Waals surface area contributed by atoms with Crippen molar-refractivity contribution in [3.05, 3.63) is 30.3 Å². The average molecular weight is 290 g/mol. The van der Waals surface area contributed by atoms with Crippen LogP contribution in [-0.2, 0) is 9.59 Å². The van der Waals surface area contributed by atoms with Crippen molar-refractivity contribution in [2.75, 3.05) is 18.0 Å². The minimum absolute atomic E-state index is 0.0194. The lowest BCUT2D eigenvalue weighted by atomic mass is 10.2. The van der Waals surface area contributed by atoms with Crippen molar-refractivity contribution in [3.63, 3.8) is 0 Å². The molecule has 0 radical (unpaired) electrons. The zero-order valence-electron chi connectivity index (χ0n) is 12.1. The lowest BCUT2D eigenvalue weighted by molar-refractivity contribution is -0.136. The third-order valence-electron chi connectivity index (χ3n) is 3.77. The molecule has 1 aromatic rings. The Bertz CT molecular complexity index is 470. The Labute approximate surface area is 125 Å². The summed E-state index contributed by atoms with van der Waals surface area (Å²) < 4.78 is 0. The molecule has 0 atom stereocenters. The number of carboxylic acids is 1. The van der Waals surface area contributed by atoms with Gasteiger partial charge in [-0.3, -0.25) is 9.59 Å². The molecule has 1 amide bonds. The van der Waals surface area contributed by atoms with E-state index in [4.69, 9.17) is 5.11 Å². The van der Waals surface area contributed by atoms with Crippen LogP contribution in [0.25, 0.3) is 0 Å².